The number of ketones is 1. The number of rotatable bonds is 23. The topological polar surface area (TPSA) is 209 Å². The summed E-state index contributed by atoms with van der Waals surface area (Å²) >= 11 is 0. The van der Waals surface area contributed by atoms with E-state index in [-0.39, 0.29) is 86.9 Å². The SMILES string of the molecule is CC(C)C(=O)C1(COCNC(=O)CNC(=O)[C@H](Cc2ccccc2)NC(=O)CNC(=O)CNC(=O)CCCCCN2C(=O)CC(C(C)C)C2=O)CC1. The van der Waals surface area contributed by atoms with Crippen LogP contribution in [0.4, 0.5) is 0 Å². The van der Waals surface area contributed by atoms with Crippen LogP contribution < -0.4 is 26.6 Å². The second kappa shape index (κ2) is 20.4. The predicted molar refractivity (Wildman–Crippen MR) is 190 cm³/mol. The van der Waals surface area contributed by atoms with Crippen molar-refractivity contribution in [3.63, 3.8) is 0 Å². The molecule has 1 saturated heterocycles. The maximum atomic E-state index is 13.0. The Morgan fingerprint density at radius 2 is 1.44 bits per heavy atom. The Kier molecular flexibility index (Phi) is 16.4. The van der Waals surface area contributed by atoms with Crippen molar-refractivity contribution in [1.29, 1.82) is 0 Å². The number of amides is 7. The molecule has 2 atom stereocenters. The molecule has 2 fully saturated rings. The maximum absolute atomic E-state index is 13.0. The van der Waals surface area contributed by atoms with E-state index >= 15 is 0 Å². The van der Waals surface area contributed by atoms with Gasteiger partial charge in [0.1, 0.15) is 18.6 Å². The van der Waals surface area contributed by atoms with Crippen LogP contribution in [0, 0.1) is 23.2 Å². The summed E-state index contributed by atoms with van der Waals surface area (Å²) in [6.45, 7) is 6.81. The number of nitrogens with zero attached hydrogens (tertiary/aromatic N) is 1. The van der Waals surface area contributed by atoms with Crippen molar-refractivity contribution in [3.05, 3.63) is 35.9 Å². The summed E-state index contributed by atoms with van der Waals surface area (Å²) in [6.07, 6.45) is 3.78. The summed E-state index contributed by atoms with van der Waals surface area (Å²) in [5.74, 6) is -3.10. The summed E-state index contributed by atoms with van der Waals surface area (Å²) in [6, 6.07) is 7.91. The number of ether oxygens (including phenoxy) is 1. The Hall–Kier alpha value is -4.66. The lowest BCUT2D eigenvalue weighted by Gasteiger charge is -2.19. The maximum Gasteiger partial charge on any atom is 0.243 e. The number of likely N-dealkylation sites (tertiary alicyclic amines) is 1. The molecule has 1 saturated carbocycles. The Morgan fingerprint density at radius 3 is 2.08 bits per heavy atom. The van der Waals surface area contributed by atoms with Gasteiger partial charge in [-0.2, -0.15) is 0 Å². The fourth-order valence-electron chi connectivity index (χ4n) is 5.97. The van der Waals surface area contributed by atoms with Gasteiger partial charge in [0.15, 0.2) is 0 Å². The number of Topliss-reactive ketones (excluding diaryl/α,β-unsaturated/α-hetero) is 1. The summed E-state index contributed by atoms with van der Waals surface area (Å²) in [5, 5.41) is 12.6. The molecule has 52 heavy (non-hydrogen) atoms. The molecule has 1 heterocycles. The van der Waals surface area contributed by atoms with Crippen LogP contribution in [0.15, 0.2) is 30.3 Å². The van der Waals surface area contributed by atoms with Crippen LogP contribution >= 0.6 is 0 Å². The van der Waals surface area contributed by atoms with E-state index in [0.29, 0.717) is 25.8 Å². The molecule has 0 spiro atoms. The quantitative estimate of drug-likeness (QED) is 0.0612. The van der Waals surface area contributed by atoms with Gasteiger partial charge < -0.3 is 31.3 Å². The van der Waals surface area contributed by atoms with Gasteiger partial charge >= 0.3 is 0 Å². The number of carbonyl (C=O) groups excluding carboxylic acids is 8. The zero-order valence-corrected chi connectivity index (χ0v) is 30.7. The van der Waals surface area contributed by atoms with Gasteiger partial charge in [-0.05, 0) is 37.2 Å². The fourth-order valence-corrected chi connectivity index (χ4v) is 5.97. The van der Waals surface area contributed by atoms with Crippen LogP contribution in [0.1, 0.15) is 78.2 Å². The van der Waals surface area contributed by atoms with E-state index in [1.807, 2.05) is 33.8 Å². The van der Waals surface area contributed by atoms with Gasteiger partial charge in [0, 0.05) is 37.6 Å². The van der Waals surface area contributed by atoms with E-state index < -0.39 is 41.6 Å². The van der Waals surface area contributed by atoms with Gasteiger partial charge in [0.25, 0.3) is 0 Å². The van der Waals surface area contributed by atoms with Gasteiger partial charge in [0.2, 0.25) is 41.4 Å². The van der Waals surface area contributed by atoms with Gasteiger partial charge in [0.05, 0.1) is 31.7 Å². The summed E-state index contributed by atoms with van der Waals surface area (Å²) < 4.78 is 5.52. The first-order valence-electron chi connectivity index (χ1n) is 18.1. The molecule has 15 nitrogen and oxygen atoms in total. The van der Waals surface area contributed by atoms with E-state index in [0.717, 1.165) is 18.4 Å². The Balaban J connectivity index is 1.33. The lowest BCUT2D eigenvalue weighted by Crippen LogP contribution is -2.52. The first-order valence-corrected chi connectivity index (χ1v) is 18.1. The van der Waals surface area contributed by atoms with E-state index in [2.05, 4.69) is 26.6 Å². The highest BCUT2D eigenvalue weighted by atomic mass is 16.5. The molecule has 3 rings (SSSR count). The third-order valence-electron chi connectivity index (χ3n) is 9.27. The molecule has 1 aromatic rings. The Bertz CT molecular complexity index is 1440. The fraction of sp³-hybridized carbons (Fsp3) is 0.622. The van der Waals surface area contributed by atoms with Gasteiger partial charge in [-0.15, -0.1) is 0 Å². The molecule has 286 valence electrons. The predicted octanol–water partition coefficient (Wildman–Crippen LogP) is 0.750. The number of carbonyl (C=O) groups is 8. The summed E-state index contributed by atoms with van der Waals surface area (Å²) in [4.78, 5) is 101. The van der Waals surface area contributed by atoms with Gasteiger partial charge in [-0.1, -0.05) is 64.4 Å². The zero-order chi connectivity index (χ0) is 38.3. The highest BCUT2D eigenvalue weighted by Crippen LogP contribution is 2.48. The molecule has 1 aromatic carbocycles. The first-order chi connectivity index (χ1) is 24.7. The van der Waals surface area contributed by atoms with E-state index in [1.165, 1.54) is 4.90 Å². The van der Waals surface area contributed by atoms with Crippen molar-refractivity contribution in [1.82, 2.24) is 31.5 Å². The van der Waals surface area contributed by atoms with E-state index in [4.69, 9.17) is 4.74 Å². The van der Waals surface area contributed by atoms with Crippen LogP contribution in [0.3, 0.4) is 0 Å². The van der Waals surface area contributed by atoms with Crippen molar-refractivity contribution in [2.24, 2.45) is 23.2 Å². The molecule has 1 aliphatic carbocycles. The van der Waals surface area contributed by atoms with Crippen molar-refractivity contribution >= 4 is 47.1 Å². The average molecular weight is 727 g/mol. The van der Waals surface area contributed by atoms with Crippen molar-refractivity contribution in [2.45, 2.75) is 85.1 Å². The molecule has 2 aliphatic rings. The molecule has 1 aliphatic heterocycles. The summed E-state index contributed by atoms with van der Waals surface area (Å²) in [7, 11) is 0. The lowest BCUT2D eigenvalue weighted by molar-refractivity contribution is -0.140. The highest BCUT2D eigenvalue weighted by Gasteiger charge is 2.50. The number of hydrogen-bond acceptors (Lipinski definition) is 9. The van der Waals surface area contributed by atoms with E-state index in [9.17, 15) is 38.4 Å². The molecule has 0 aromatic heterocycles. The molecular formula is C37H54N6O9. The third-order valence-corrected chi connectivity index (χ3v) is 9.27. The average Bonchev–Trinajstić information content (AvgIpc) is 3.85. The highest BCUT2D eigenvalue weighted by molar-refractivity contribution is 6.03. The van der Waals surface area contributed by atoms with Gasteiger partial charge in [-0.3, -0.25) is 43.3 Å². The molecule has 7 amide bonds. The second-order valence-corrected chi connectivity index (χ2v) is 14.2. The zero-order valence-electron chi connectivity index (χ0n) is 30.7. The molecular weight excluding hydrogens is 672 g/mol. The van der Waals surface area contributed by atoms with Crippen LogP contribution in [-0.2, 0) is 49.5 Å². The minimum Gasteiger partial charge on any atom is -0.360 e. The number of nitrogens with one attached hydrogen (secondary N) is 5. The number of hydrogen-bond donors (Lipinski definition) is 5. The Labute approximate surface area is 305 Å². The van der Waals surface area contributed by atoms with E-state index in [1.54, 1.807) is 24.3 Å². The largest absolute Gasteiger partial charge is 0.360 e. The van der Waals surface area contributed by atoms with Crippen molar-refractivity contribution < 1.29 is 43.1 Å². The van der Waals surface area contributed by atoms with Gasteiger partial charge in [-0.25, -0.2) is 0 Å². The van der Waals surface area contributed by atoms with Crippen molar-refractivity contribution in [3.8, 4) is 0 Å². The molecule has 0 radical (unpaired) electrons. The Morgan fingerprint density at radius 1 is 0.808 bits per heavy atom. The number of unbranched alkanes of at least 4 members (excludes halogenated alkanes) is 2. The number of imide groups is 1. The molecule has 0 bridgehead atoms. The molecule has 1 unspecified atom stereocenters. The first kappa shape index (κ1) is 41.8. The van der Waals surface area contributed by atoms with Crippen LogP contribution in [0.5, 0.6) is 0 Å². The van der Waals surface area contributed by atoms with Crippen LogP contribution in [0.25, 0.3) is 0 Å². The van der Waals surface area contributed by atoms with Crippen molar-refractivity contribution in [2.75, 3.05) is 39.5 Å². The molecule has 15 heteroatoms. The minimum absolute atomic E-state index is 0.0920. The van der Waals surface area contributed by atoms with Crippen LogP contribution in [-0.4, -0.2) is 97.6 Å². The number of benzene rings is 1. The minimum atomic E-state index is -1.05. The standard InChI is InChI=1S/C37H54N6O9/c1-24(2)27-18-33(48)43(36(27)51)16-10-6-9-13-29(44)38-19-30(45)39-21-32(47)42-28(17-26-11-7-5-8-12-26)35(50)40-20-31(46)41-23-52-22-37(14-15-37)34(49)25(3)4/h5,7-8,11-12,24-25,27-28H,6,9-10,13-23H2,1-4H3,(H,38,44)(H,39,45)(H,40,50)(H,41,46)(H,42,47)/t27?,28-/m0/s1. The normalized spacial score (nSPS) is 16.7. The monoisotopic (exact) mass is 726 g/mol. The summed E-state index contributed by atoms with van der Waals surface area (Å²) in [5.41, 5.74) is 0.292. The third kappa shape index (κ3) is 13.5. The second-order valence-electron chi connectivity index (χ2n) is 14.2. The lowest BCUT2D eigenvalue weighted by atomic mass is 9.93. The molecule has 5 N–H and O–H groups in total. The van der Waals surface area contributed by atoms with Crippen LogP contribution in [0.2, 0.25) is 0 Å². The smallest absolute Gasteiger partial charge is 0.243 e.